The molecule has 0 saturated carbocycles. The van der Waals surface area contributed by atoms with E-state index in [0.29, 0.717) is 11.6 Å². The summed E-state index contributed by atoms with van der Waals surface area (Å²) in [5.41, 5.74) is 2.97. The average molecular weight is 404 g/mol. The smallest absolute Gasteiger partial charge is 0.309 e. The second kappa shape index (κ2) is 9.92. The minimum atomic E-state index is -0.262. The maximum atomic E-state index is 11.6. The van der Waals surface area contributed by atoms with Crippen LogP contribution in [0.25, 0.3) is 0 Å². The van der Waals surface area contributed by atoms with E-state index in [2.05, 4.69) is 4.90 Å². The molecule has 1 saturated heterocycles. The molecule has 3 rings (SSSR count). The van der Waals surface area contributed by atoms with Gasteiger partial charge in [-0.25, -0.2) is 0 Å². The molecule has 0 bridgehead atoms. The lowest BCUT2D eigenvalue weighted by atomic mass is 10.0. The zero-order valence-corrected chi connectivity index (χ0v) is 16.8. The van der Waals surface area contributed by atoms with Crippen molar-refractivity contribution in [3.63, 3.8) is 0 Å². The SMILES string of the molecule is COC(=O)Cc1ccc(OCc2ccc(Cl)cc2)c(CN2CCC(O)CC2)c1. The Hall–Kier alpha value is -2.08. The number of carbonyl (C=O) groups excluding carboxylic acids is 1. The number of rotatable bonds is 7. The molecule has 0 spiro atoms. The van der Waals surface area contributed by atoms with Crippen molar-refractivity contribution in [2.75, 3.05) is 20.2 Å². The molecule has 1 heterocycles. The van der Waals surface area contributed by atoms with E-state index < -0.39 is 0 Å². The predicted molar refractivity (Wildman–Crippen MR) is 108 cm³/mol. The number of carbonyl (C=O) groups is 1. The number of aliphatic hydroxyl groups is 1. The highest BCUT2D eigenvalue weighted by molar-refractivity contribution is 6.30. The van der Waals surface area contributed by atoms with E-state index in [1.54, 1.807) is 0 Å². The van der Waals surface area contributed by atoms with Crippen LogP contribution in [0.1, 0.15) is 29.5 Å². The summed E-state index contributed by atoms with van der Waals surface area (Å²) < 4.78 is 10.9. The molecular weight excluding hydrogens is 378 g/mol. The molecule has 1 aliphatic rings. The standard InChI is InChI=1S/C22H26ClNO4/c1-27-22(26)13-17-4-7-21(28-15-16-2-5-19(23)6-3-16)18(12-17)14-24-10-8-20(25)9-11-24/h2-7,12,20,25H,8-11,13-15H2,1H3. The van der Waals surface area contributed by atoms with Crippen LogP contribution >= 0.6 is 11.6 Å². The number of hydrogen-bond donors (Lipinski definition) is 1. The molecule has 1 fully saturated rings. The first kappa shape index (κ1) is 20.6. The van der Waals surface area contributed by atoms with Crippen LogP contribution in [0.5, 0.6) is 5.75 Å². The monoisotopic (exact) mass is 403 g/mol. The van der Waals surface area contributed by atoms with E-state index in [1.807, 2.05) is 42.5 Å². The number of halogens is 1. The second-order valence-electron chi connectivity index (χ2n) is 7.12. The molecule has 0 aromatic heterocycles. The Bertz CT molecular complexity index is 786. The van der Waals surface area contributed by atoms with E-state index in [4.69, 9.17) is 21.1 Å². The van der Waals surface area contributed by atoms with Gasteiger partial charge < -0.3 is 14.6 Å². The molecule has 2 aromatic carbocycles. The number of aliphatic hydroxyl groups excluding tert-OH is 1. The van der Waals surface area contributed by atoms with E-state index in [0.717, 1.165) is 54.9 Å². The third kappa shape index (κ3) is 5.96. The second-order valence-corrected chi connectivity index (χ2v) is 7.55. The van der Waals surface area contributed by atoms with Gasteiger partial charge in [-0.2, -0.15) is 0 Å². The minimum absolute atomic E-state index is 0.206. The van der Waals surface area contributed by atoms with Crippen LogP contribution in [0.15, 0.2) is 42.5 Å². The molecule has 1 N–H and O–H groups in total. The molecule has 1 aliphatic heterocycles. The van der Waals surface area contributed by atoms with Crippen LogP contribution < -0.4 is 4.74 Å². The lowest BCUT2D eigenvalue weighted by Gasteiger charge is -2.30. The number of piperidine rings is 1. The number of likely N-dealkylation sites (tertiary alicyclic amines) is 1. The van der Waals surface area contributed by atoms with Crippen molar-refractivity contribution in [2.45, 2.75) is 38.5 Å². The molecule has 0 unspecified atom stereocenters. The highest BCUT2D eigenvalue weighted by Gasteiger charge is 2.19. The topological polar surface area (TPSA) is 59.0 Å². The molecule has 5 nitrogen and oxygen atoms in total. The lowest BCUT2D eigenvalue weighted by molar-refractivity contribution is -0.139. The van der Waals surface area contributed by atoms with Crippen LogP contribution in [-0.4, -0.2) is 42.3 Å². The van der Waals surface area contributed by atoms with Crippen molar-refractivity contribution in [1.29, 1.82) is 0 Å². The quantitative estimate of drug-likeness (QED) is 0.716. The zero-order chi connectivity index (χ0) is 19.9. The Labute approximate surface area is 170 Å². The molecular formula is C22H26ClNO4. The van der Waals surface area contributed by atoms with E-state index in [9.17, 15) is 9.90 Å². The summed E-state index contributed by atoms with van der Waals surface area (Å²) in [5.74, 6) is 0.538. The summed E-state index contributed by atoms with van der Waals surface area (Å²) in [5, 5.41) is 10.4. The van der Waals surface area contributed by atoms with Gasteiger partial charge in [0.2, 0.25) is 0 Å². The van der Waals surface area contributed by atoms with E-state index in [1.165, 1.54) is 7.11 Å². The van der Waals surface area contributed by atoms with Gasteiger partial charge >= 0.3 is 5.97 Å². The Morgan fingerprint density at radius 3 is 2.50 bits per heavy atom. The van der Waals surface area contributed by atoms with E-state index >= 15 is 0 Å². The van der Waals surface area contributed by atoms with Gasteiger partial charge in [0.15, 0.2) is 0 Å². The summed E-state index contributed by atoms with van der Waals surface area (Å²) in [6, 6.07) is 13.4. The van der Waals surface area contributed by atoms with Gasteiger partial charge in [0.1, 0.15) is 12.4 Å². The fourth-order valence-corrected chi connectivity index (χ4v) is 3.43. The summed E-state index contributed by atoms with van der Waals surface area (Å²) in [4.78, 5) is 13.9. The van der Waals surface area contributed by atoms with Gasteiger partial charge in [-0.05, 0) is 42.2 Å². The Kier molecular flexibility index (Phi) is 7.31. The molecule has 150 valence electrons. The zero-order valence-electron chi connectivity index (χ0n) is 16.1. The molecule has 0 radical (unpaired) electrons. The fraction of sp³-hybridized carbons (Fsp3) is 0.409. The lowest BCUT2D eigenvalue weighted by Crippen LogP contribution is -2.35. The molecule has 0 amide bonds. The van der Waals surface area contributed by atoms with Crippen molar-refractivity contribution in [3.8, 4) is 5.75 Å². The Balaban J connectivity index is 1.74. The summed E-state index contributed by atoms with van der Waals surface area (Å²) >= 11 is 5.94. The first-order chi connectivity index (χ1) is 13.5. The van der Waals surface area contributed by atoms with Crippen molar-refractivity contribution in [2.24, 2.45) is 0 Å². The molecule has 0 aliphatic carbocycles. The summed E-state index contributed by atoms with van der Waals surface area (Å²) in [6.45, 7) is 2.86. The third-order valence-corrected chi connectivity index (χ3v) is 5.21. The van der Waals surface area contributed by atoms with Gasteiger partial charge in [-0.1, -0.05) is 35.9 Å². The molecule has 2 aromatic rings. The van der Waals surface area contributed by atoms with Crippen LogP contribution in [0.3, 0.4) is 0 Å². The van der Waals surface area contributed by atoms with Crippen LogP contribution in [0.4, 0.5) is 0 Å². The molecule has 28 heavy (non-hydrogen) atoms. The predicted octanol–water partition coefficient (Wildman–Crippen LogP) is 3.59. The maximum Gasteiger partial charge on any atom is 0.309 e. The first-order valence-corrected chi connectivity index (χ1v) is 9.87. The highest BCUT2D eigenvalue weighted by atomic mass is 35.5. The number of esters is 1. The highest BCUT2D eigenvalue weighted by Crippen LogP contribution is 2.25. The normalized spacial score (nSPS) is 15.4. The Morgan fingerprint density at radius 2 is 1.82 bits per heavy atom. The summed E-state index contributed by atoms with van der Waals surface area (Å²) in [6.07, 6.45) is 1.59. The fourth-order valence-electron chi connectivity index (χ4n) is 3.31. The van der Waals surface area contributed by atoms with Gasteiger partial charge in [0.25, 0.3) is 0 Å². The Morgan fingerprint density at radius 1 is 1.14 bits per heavy atom. The van der Waals surface area contributed by atoms with Gasteiger partial charge in [0.05, 0.1) is 19.6 Å². The van der Waals surface area contributed by atoms with Crippen LogP contribution in [0.2, 0.25) is 5.02 Å². The number of ether oxygens (including phenoxy) is 2. The first-order valence-electron chi connectivity index (χ1n) is 9.50. The largest absolute Gasteiger partial charge is 0.489 e. The number of hydrogen-bond acceptors (Lipinski definition) is 5. The average Bonchev–Trinajstić information content (AvgIpc) is 2.70. The van der Waals surface area contributed by atoms with Crippen LogP contribution in [-0.2, 0) is 29.1 Å². The molecule has 0 atom stereocenters. The van der Waals surface area contributed by atoms with Gasteiger partial charge in [-0.3, -0.25) is 9.69 Å². The third-order valence-electron chi connectivity index (χ3n) is 4.96. The van der Waals surface area contributed by atoms with Crippen molar-refractivity contribution in [1.82, 2.24) is 4.90 Å². The minimum Gasteiger partial charge on any atom is -0.489 e. The number of methoxy groups -OCH3 is 1. The number of benzene rings is 2. The van der Waals surface area contributed by atoms with Gasteiger partial charge in [0, 0.05) is 30.2 Å². The van der Waals surface area contributed by atoms with Crippen molar-refractivity contribution in [3.05, 3.63) is 64.2 Å². The van der Waals surface area contributed by atoms with Crippen LogP contribution in [0, 0.1) is 0 Å². The van der Waals surface area contributed by atoms with E-state index in [-0.39, 0.29) is 18.5 Å². The van der Waals surface area contributed by atoms with Crippen molar-refractivity contribution < 1.29 is 19.4 Å². The van der Waals surface area contributed by atoms with Gasteiger partial charge in [-0.15, -0.1) is 0 Å². The molecule has 6 heteroatoms. The number of nitrogens with zero attached hydrogens (tertiary/aromatic N) is 1. The maximum absolute atomic E-state index is 11.6. The summed E-state index contributed by atoms with van der Waals surface area (Å²) in [7, 11) is 1.39. The van der Waals surface area contributed by atoms with Crippen molar-refractivity contribution >= 4 is 17.6 Å².